The number of likely N-dealkylation sites (N-methyl/N-ethyl adjacent to an activating group) is 1. The van der Waals surface area contributed by atoms with Crippen LogP contribution in [0, 0.1) is 5.41 Å². The Labute approximate surface area is 144 Å². The fourth-order valence-corrected chi connectivity index (χ4v) is 5.60. The Hall–Kier alpha value is -1.15. The molecule has 0 bridgehead atoms. The Balaban J connectivity index is 1.87. The van der Waals surface area contributed by atoms with Gasteiger partial charge >= 0.3 is 0 Å². The molecule has 0 radical (unpaired) electrons. The van der Waals surface area contributed by atoms with Crippen molar-refractivity contribution in [2.24, 2.45) is 5.41 Å². The first kappa shape index (κ1) is 17.7. The molecule has 134 valence electrons. The van der Waals surface area contributed by atoms with E-state index in [0.29, 0.717) is 25.3 Å². The quantitative estimate of drug-likeness (QED) is 0.879. The maximum atomic E-state index is 13.0. The molecule has 0 aliphatic carbocycles. The van der Waals surface area contributed by atoms with Gasteiger partial charge in [0.1, 0.15) is 5.75 Å². The summed E-state index contributed by atoms with van der Waals surface area (Å²) in [6.07, 6.45) is 2.71. The van der Waals surface area contributed by atoms with Gasteiger partial charge in [-0.25, -0.2) is 8.42 Å². The Morgan fingerprint density at radius 3 is 2.83 bits per heavy atom. The van der Waals surface area contributed by atoms with Crippen LogP contribution in [-0.4, -0.2) is 69.2 Å². The number of ether oxygens (including phenoxy) is 1. The average Bonchev–Trinajstić information content (AvgIpc) is 2.61. The van der Waals surface area contributed by atoms with Crippen LogP contribution in [0.1, 0.15) is 19.3 Å². The molecule has 7 heteroatoms. The van der Waals surface area contributed by atoms with Crippen molar-refractivity contribution in [1.82, 2.24) is 9.21 Å². The summed E-state index contributed by atoms with van der Waals surface area (Å²) in [7, 11) is -0.00785. The van der Waals surface area contributed by atoms with E-state index in [2.05, 4.69) is 4.90 Å². The minimum absolute atomic E-state index is 0.0605. The van der Waals surface area contributed by atoms with Crippen LogP contribution in [0.5, 0.6) is 5.75 Å². The molecule has 1 N–H and O–H groups in total. The number of hydrogen-bond donors (Lipinski definition) is 1. The van der Waals surface area contributed by atoms with Crippen molar-refractivity contribution in [3.05, 3.63) is 24.3 Å². The third kappa shape index (κ3) is 2.94. The number of likely N-dealkylation sites (tertiary alicyclic amines) is 1. The lowest BCUT2D eigenvalue weighted by Gasteiger charge is -2.53. The minimum atomic E-state index is -3.56. The number of benzene rings is 1. The minimum Gasteiger partial charge on any atom is -0.497 e. The molecule has 2 aliphatic rings. The van der Waals surface area contributed by atoms with E-state index in [-0.39, 0.29) is 23.0 Å². The third-order valence-corrected chi connectivity index (χ3v) is 7.52. The molecule has 6 nitrogen and oxygen atoms in total. The van der Waals surface area contributed by atoms with Gasteiger partial charge in [0.25, 0.3) is 0 Å². The number of aliphatic hydroxyl groups excluding tert-OH is 1. The van der Waals surface area contributed by atoms with Gasteiger partial charge in [0.15, 0.2) is 0 Å². The average molecular weight is 354 g/mol. The monoisotopic (exact) mass is 354 g/mol. The number of nitrogens with zero attached hydrogens (tertiary/aromatic N) is 2. The molecule has 0 amide bonds. The Morgan fingerprint density at radius 1 is 1.33 bits per heavy atom. The van der Waals surface area contributed by atoms with Crippen molar-refractivity contribution < 1.29 is 18.3 Å². The number of methoxy groups -OCH3 is 1. The van der Waals surface area contributed by atoms with Crippen LogP contribution in [0.15, 0.2) is 29.2 Å². The van der Waals surface area contributed by atoms with Crippen LogP contribution < -0.4 is 4.74 Å². The lowest BCUT2D eigenvalue weighted by Crippen LogP contribution is -2.62. The molecular weight excluding hydrogens is 328 g/mol. The number of fused-ring (bicyclic) bond motifs is 1. The summed E-state index contributed by atoms with van der Waals surface area (Å²) in [5.74, 6) is 0.535. The highest BCUT2D eigenvalue weighted by molar-refractivity contribution is 7.89. The molecule has 3 rings (SSSR count). The zero-order valence-corrected chi connectivity index (χ0v) is 15.1. The summed E-state index contributed by atoms with van der Waals surface area (Å²) in [5, 5.41) is 9.96. The highest BCUT2D eigenvalue weighted by Gasteiger charge is 2.48. The molecule has 2 atom stereocenters. The van der Waals surface area contributed by atoms with E-state index in [0.717, 1.165) is 19.4 Å². The molecule has 0 saturated carbocycles. The first-order valence-corrected chi connectivity index (χ1v) is 9.82. The molecule has 1 aromatic carbocycles. The van der Waals surface area contributed by atoms with E-state index in [9.17, 15) is 13.5 Å². The van der Waals surface area contributed by atoms with E-state index < -0.39 is 10.0 Å². The van der Waals surface area contributed by atoms with E-state index in [1.807, 2.05) is 7.05 Å². The lowest BCUT2D eigenvalue weighted by atomic mass is 9.69. The van der Waals surface area contributed by atoms with Gasteiger partial charge in [-0.3, -0.25) is 0 Å². The molecule has 2 aliphatic heterocycles. The highest BCUT2D eigenvalue weighted by Crippen LogP contribution is 2.42. The van der Waals surface area contributed by atoms with Gasteiger partial charge in [0.2, 0.25) is 10.0 Å². The predicted molar refractivity (Wildman–Crippen MR) is 91.5 cm³/mol. The second kappa shape index (κ2) is 6.63. The largest absolute Gasteiger partial charge is 0.497 e. The van der Waals surface area contributed by atoms with Gasteiger partial charge in [0, 0.05) is 30.6 Å². The van der Waals surface area contributed by atoms with Crippen molar-refractivity contribution in [2.45, 2.75) is 30.2 Å². The second-order valence-corrected chi connectivity index (χ2v) is 8.85. The topological polar surface area (TPSA) is 70.1 Å². The van der Waals surface area contributed by atoms with Crippen LogP contribution in [0.3, 0.4) is 0 Å². The van der Waals surface area contributed by atoms with Gasteiger partial charge in [-0.15, -0.1) is 0 Å². The summed E-state index contributed by atoms with van der Waals surface area (Å²) in [5.41, 5.74) is -0.173. The smallest absolute Gasteiger partial charge is 0.243 e. The molecule has 2 saturated heterocycles. The van der Waals surface area contributed by atoms with Crippen LogP contribution in [0.25, 0.3) is 0 Å². The maximum Gasteiger partial charge on any atom is 0.243 e. The van der Waals surface area contributed by atoms with Gasteiger partial charge in [-0.05, 0) is 45.0 Å². The van der Waals surface area contributed by atoms with E-state index >= 15 is 0 Å². The first-order chi connectivity index (χ1) is 11.4. The number of piperidine rings is 2. The van der Waals surface area contributed by atoms with Crippen molar-refractivity contribution in [1.29, 1.82) is 0 Å². The number of aliphatic hydroxyl groups is 1. The number of hydrogen-bond acceptors (Lipinski definition) is 5. The van der Waals surface area contributed by atoms with E-state index in [1.54, 1.807) is 28.6 Å². The molecule has 1 aromatic rings. The number of rotatable bonds is 4. The van der Waals surface area contributed by atoms with Crippen molar-refractivity contribution in [2.75, 3.05) is 40.4 Å². The van der Waals surface area contributed by atoms with Gasteiger partial charge in [-0.1, -0.05) is 6.07 Å². The zero-order valence-electron chi connectivity index (χ0n) is 14.3. The van der Waals surface area contributed by atoms with Crippen LogP contribution in [-0.2, 0) is 10.0 Å². The SMILES string of the molecule is COc1cccc(S(=O)(=O)N2CC[C@@]3(CO)CCCN(C)[C@@H]3C2)c1. The molecule has 0 spiro atoms. The van der Waals surface area contributed by atoms with Crippen molar-refractivity contribution in [3.63, 3.8) is 0 Å². The van der Waals surface area contributed by atoms with Crippen LogP contribution in [0.4, 0.5) is 0 Å². The maximum absolute atomic E-state index is 13.0. The predicted octanol–water partition coefficient (Wildman–Crippen LogP) is 1.16. The molecular formula is C17H26N2O4S. The molecule has 2 fully saturated rings. The van der Waals surface area contributed by atoms with E-state index in [1.165, 1.54) is 7.11 Å². The van der Waals surface area contributed by atoms with Crippen molar-refractivity contribution >= 4 is 10.0 Å². The lowest BCUT2D eigenvalue weighted by molar-refractivity contribution is -0.0508. The normalized spacial score (nSPS) is 29.2. The zero-order chi connectivity index (χ0) is 17.4. The molecule has 24 heavy (non-hydrogen) atoms. The molecule has 2 heterocycles. The third-order valence-electron chi connectivity index (χ3n) is 5.65. The van der Waals surface area contributed by atoms with Gasteiger partial charge in [0.05, 0.1) is 18.6 Å². The summed E-state index contributed by atoms with van der Waals surface area (Å²) < 4.78 is 32.7. The fourth-order valence-electron chi connectivity index (χ4n) is 4.12. The van der Waals surface area contributed by atoms with Crippen molar-refractivity contribution in [3.8, 4) is 5.75 Å². The molecule has 0 aromatic heterocycles. The Morgan fingerprint density at radius 2 is 2.12 bits per heavy atom. The van der Waals surface area contributed by atoms with E-state index in [4.69, 9.17) is 4.74 Å². The highest BCUT2D eigenvalue weighted by atomic mass is 32.2. The summed E-state index contributed by atoms with van der Waals surface area (Å²) in [6, 6.07) is 6.66. The van der Waals surface area contributed by atoms with Crippen LogP contribution in [0.2, 0.25) is 0 Å². The Kier molecular flexibility index (Phi) is 4.88. The summed E-state index contributed by atoms with van der Waals surface area (Å²) in [4.78, 5) is 2.46. The fraction of sp³-hybridized carbons (Fsp3) is 0.647. The van der Waals surface area contributed by atoms with Gasteiger partial charge in [-0.2, -0.15) is 4.31 Å². The standard InChI is InChI=1S/C17H26N2O4S/c1-18-9-4-7-17(13-20)8-10-19(12-16(17)18)24(21,22)15-6-3-5-14(11-15)23-2/h3,5-6,11,16,20H,4,7-10,12-13H2,1-2H3/t16-,17-/m1/s1. The van der Waals surface area contributed by atoms with Crippen LogP contribution >= 0.6 is 0 Å². The second-order valence-electron chi connectivity index (χ2n) is 6.91. The Bertz CT molecular complexity index is 694. The van der Waals surface area contributed by atoms with Gasteiger partial charge < -0.3 is 14.7 Å². The molecule has 0 unspecified atom stereocenters. The first-order valence-electron chi connectivity index (χ1n) is 8.38. The number of sulfonamides is 1. The summed E-state index contributed by atoms with van der Waals surface area (Å²) >= 11 is 0. The summed E-state index contributed by atoms with van der Waals surface area (Å²) in [6.45, 7) is 1.94.